The maximum atomic E-state index is 13.6. The molecule has 6 rings (SSSR count). The normalized spacial score (nSPS) is 18.2. The van der Waals surface area contributed by atoms with Gasteiger partial charge in [0.15, 0.2) is 5.43 Å². The first kappa shape index (κ1) is 32.3. The van der Waals surface area contributed by atoms with Crippen LogP contribution in [0.3, 0.4) is 0 Å². The molecule has 1 unspecified atom stereocenters. The van der Waals surface area contributed by atoms with Crippen molar-refractivity contribution in [1.29, 1.82) is 0 Å². The lowest BCUT2D eigenvalue weighted by Crippen LogP contribution is -2.41. The number of anilines is 2. The molecule has 2 aromatic heterocycles. The second-order valence-electron chi connectivity index (χ2n) is 13.6. The van der Waals surface area contributed by atoms with E-state index in [4.69, 9.17) is 25.3 Å². The van der Waals surface area contributed by atoms with Gasteiger partial charge in [0.05, 0.1) is 39.6 Å². The first-order chi connectivity index (χ1) is 21.8. The molecule has 2 aliphatic heterocycles. The third-order valence-electron chi connectivity index (χ3n) is 9.71. The molecule has 240 valence electrons. The van der Waals surface area contributed by atoms with Crippen molar-refractivity contribution in [3.63, 3.8) is 0 Å². The van der Waals surface area contributed by atoms with Gasteiger partial charge < -0.3 is 23.9 Å². The molecule has 10 heteroatoms. The fourth-order valence-corrected chi connectivity index (χ4v) is 6.74. The Labute approximate surface area is 275 Å². The van der Waals surface area contributed by atoms with Crippen LogP contribution in [-0.4, -0.2) is 42.7 Å². The number of benzene rings is 2. The highest BCUT2D eigenvalue weighted by molar-refractivity contribution is 6.67. The SMILES string of the molecule is Cc1cc(C(C)Nc2cccnc2-c2cc(Cl)c(B3OC(C)(C)C(C)(C)O3)c(C=O)c2)c2oc(N3CCCCC3)c(C)c(=O)c2c1. The second kappa shape index (κ2) is 12.2. The van der Waals surface area contributed by atoms with E-state index in [1.807, 2.05) is 66.7 Å². The average molecular weight is 642 g/mol. The van der Waals surface area contributed by atoms with E-state index in [0.29, 0.717) is 49.7 Å². The standard InChI is InChI=1S/C36H41BClN3O5/c1-21-16-26(33-27(17-21)32(43)22(2)34(44-33)41-14-9-8-10-15-41)23(3)40-29-12-11-13-39-31(29)24-18-25(20-42)30(28(38)19-24)37-45-35(4,5)36(6,7)46-37/h11-13,16-20,23,40H,8-10,14-15H2,1-7H3. The Hall–Kier alpha value is -3.66. The molecule has 4 aromatic rings. The number of aldehydes is 1. The maximum absolute atomic E-state index is 13.6. The Kier molecular flexibility index (Phi) is 8.55. The molecule has 1 N–H and O–H groups in total. The number of nitrogens with zero attached hydrogens (tertiary/aromatic N) is 2. The van der Waals surface area contributed by atoms with E-state index in [1.54, 1.807) is 18.3 Å². The summed E-state index contributed by atoms with van der Waals surface area (Å²) in [5.74, 6) is 0.662. The summed E-state index contributed by atoms with van der Waals surface area (Å²) in [4.78, 5) is 32.9. The van der Waals surface area contributed by atoms with Crippen LogP contribution < -0.4 is 21.1 Å². The number of carbonyl (C=O) groups excluding carboxylic acids is 1. The average Bonchev–Trinajstić information content (AvgIpc) is 3.24. The topological polar surface area (TPSA) is 93.9 Å². The van der Waals surface area contributed by atoms with Crippen LogP contribution in [0.1, 0.15) is 87.0 Å². The zero-order valence-electron chi connectivity index (χ0n) is 27.6. The number of nitrogens with one attached hydrogen (secondary N) is 1. The largest absolute Gasteiger partial charge is 0.497 e. The van der Waals surface area contributed by atoms with E-state index in [2.05, 4.69) is 21.3 Å². The van der Waals surface area contributed by atoms with Crippen molar-refractivity contribution < 1.29 is 18.5 Å². The number of halogens is 1. The second-order valence-corrected chi connectivity index (χ2v) is 14.0. The van der Waals surface area contributed by atoms with Crippen LogP contribution in [0.25, 0.3) is 22.2 Å². The molecular weight excluding hydrogens is 601 g/mol. The molecule has 0 bridgehead atoms. The van der Waals surface area contributed by atoms with Gasteiger partial charge in [0.2, 0.25) is 5.88 Å². The monoisotopic (exact) mass is 641 g/mol. The predicted molar refractivity (Wildman–Crippen MR) is 186 cm³/mol. The summed E-state index contributed by atoms with van der Waals surface area (Å²) in [7, 11) is -0.782. The van der Waals surface area contributed by atoms with Crippen molar-refractivity contribution in [2.45, 2.75) is 85.0 Å². The third kappa shape index (κ3) is 5.74. The van der Waals surface area contributed by atoms with Crippen LogP contribution in [0, 0.1) is 13.8 Å². The van der Waals surface area contributed by atoms with E-state index in [-0.39, 0.29) is 11.5 Å². The number of carbonyl (C=O) groups is 1. The minimum Gasteiger partial charge on any atom is -0.440 e. The Morgan fingerprint density at radius 3 is 2.41 bits per heavy atom. The molecule has 46 heavy (non-hydrogen) atoms. The zero-order chi connectivity index (χ0) is 33.0. The van der Waals surface area contributed by atoms with Gasteiger partial charge in [0, 0.05) is 46.5 Å². The molecule has 1 atom stereocenters. The quantitative estimate of drug-likeness (QED) is 0.165. The summed E-state index contributed by atoms with van der Waals surface area (Å²) in [6.07, 6.45) is 5.83. The highest BCUT2D eigenvalue weighted by Crippen LogP contribution is 2.39. The van der Waals surface area contributed by atoms with E-state index in [1.165, 1.54) is 6.42 Å². The first-order valence-corrected chi connectivity index (χ1v) is 16.4. The van der Waals surface area contributed by atoms with Crippen molar-refractivity contribution in [1.82, 2.24) is 4.98 Å². The Morgan fingerprint density at radius 1 is 1.04 bits per heavy atom. The van der Waals surface area contributed by atoms with Crippen LogP contribution in [0.5, 0.6) is 0 Å². The molecule has 0 radical (unpaired) electrons. The van der Waals surface area contributed by atoms with Crippen molar-refractivity contribution in [2.24, 2.45) is 0 Å². The number of aromatic nitrogens is 1. The molecule has 2 aromatic carbocycles. The summed E-state index contributed by atoms with van der Waals surface area (Å²) < 4.78 is 19.0. The van der Waals surface area contributed by atoms with Gasteiger partial charge >= 0.3 is 7.12 Å². The van der Waals surface area contributed by atoms with Crippen LogP contribution in [0.15, 0.2) is 51.8 Å². The van der Waals surface area contributed by atoms with Crippen molar-refractivity contribution >= 4 is 53.0 Å². The van der Waals surface area contributed by atoms with E-state index < -0.39 is 18.3 Å². The highest BCUT2D eigenvalue weighted by Gasteiger charge is 2.53. The van der Waals surface area contributed by atoms with E-state index in [0.717, 1.165) is 49.0 Å². The van der Waals surface area contributed by atoms with Gasteiger partial charge in [-0.05, 0) is 104 Å². The van der Waals surface area contributed by atoms with Crippen LogP contribution in [-0.2, 0) is 9.31 Å². The number of piperidine rings is 1. The number of hydrogen-bond donors (Lipinski definition) is 1. The zero-order valence-corrected chi connectivity index (χ0v) is 28.4. The van der Waals surface area contributed by atoms with E-state index >= 15 is 0 Å². The van der Waals surface area contributed by atoms with Crippen molar-refractivity contribution in [2.75, 3.05) is 23.3 Å². The summed E-state index contributed by atoms with van der Waals surface area (Å²) in [6.45, 7) is 15.5. The number of aryl methyl sites for hydroxylation is 1. The number of hydrogen-bond acceptors (Lipinski definition) is 8. The van der Waals surface area contributed by atoms with Crippen molar-refractivity contribution in [3.8, 4) is 11.3 Å². The lowest BCUT2D eigenvalue weighted by Gasteiger charge is -2.32. The molecule has 2 saturated heterocycles. The molecule has 0 aliphatic carbocycles. The summed E-state index contributed by atoms with van der Waals surface area (Å²) >= 11 is 6.86. The van der Waals surface area contributed by atoms with Gasteiger partial charge in [0.1, 0.15) is 11.9 Å². The van der Waals surface area contributed by atoms with Crippen LogP contribution in [0.2, 0.25) is 5.02 Å². The number of rotatable bonds is 7. The fraction of sp³-hybridized carbons (Fsp3) is 0.417. The smallest absolute Gasteiger partial charge is 0.440 e. The molecule has 8 nitrogen and oxygen atoms in total. The van der Waals surface area contributed by atoms with Gasteiger partial charge in [-0.3, -0.25) is 14.6 Å². The van der Waals surface area contributed by atoms with Crippen LogP contribution >= 0.6 is 11.6 Å². The minimum atomic E-state index is -0.782. The maximum Gasteiger partial charge on any atom is 0.497 e. The molecule has 0 spiro atoms. The minimum absolute atomic E-state index is 0.000777. The molecular formula is C36H41BClN3O5. The molecule has 0 saturated carbocycles. The van der Waals surface area contributed by atoms with Crippen molar-refractivity contribution in [3.05, 3.63) is 80.1 Å². The van der Waals surface area contributed by atoms with Gasteiger partial charge in [0.25, 0.3) is 0 Å². The lowest BCUT2D eigenvalue weighted by molar-refractivity contribution is 0.00578. The molecule has 0 amide bonds. The number of fused-ring (bicyclic) bond motifs is 1. The predicted octanol–water partition coefficient (Wildman–Crippen LogP) is 7.40. The summed E-state index contributed by atoms with van der Waals surface area (Å²) in [6, 6.07) is 11.1. The fourth-order valence-electron chi connectivity index (χ4n) is 6.42. The van der Waals surface area contributed by atoms with Gasteiger partial charge in [-0.25, -0.2) is 0 Å². The Morgan fingerprint density at radius 2 is 1.74 bits per heavy atom. The van der Waals surface area contributed by atoms with Crippen LogP contribution in [0.4, 0.5) is 11.6 Å². The lowest BCUT2D eigenvalue weighted by atomic mass is 9.75. The summed E-state index contributed by atoms with van der Waals surface area (Å²) in [5.41, 5.74) is 4.83. The first-order valence-electron chi connectivity index (χ1n) is 16.0. The molecule has 4 heterocycles. The molecule has 2 aliphatic rings. The highest BCUT2D eigenvalue weighted by atomic mass is 35.5. The van der Waals surface area contributed by atoms with Gasteiger partial charge in [-0.15, -0.1) is 0 Å². The molecule has 2 fully saturated rings. The Balaban J connectivity index is 1.38. The van der Waals surface area contributed by atoms with Gasteiger partial charge in [-0.2, -0.15) is 0 Å². The van der Waals surface area contributed by atoms with Gasteiger partial charge in [-0.1, -0.05) is 17.7 Å². The number of pyridine rings is 1. The Bertz CT molecular complexity index is 1870. The summed E-state index contributed by atoms with van der Waals surface area (Å²) in [5, 5.41) is 4.54. The third-order valence-corrected chi connectivity index (χ3v) is 10.0. The van der Waals surface area contributed by atoms with E-state index in [9.17, 15) is 9.59 Å².